The molecule has 5 nitrogen and oxygen atoms in total. The van der Waals surface area contributed by atoms with E-state index in [1.54, 1.807) is 17.8 Å². The van der Waals surface area contributed by atoms with Crippen LogP contribution in [-0.4, -0.2) is 34.8 Å². The molecule has 0 aliphatic carbocycles. The molecule has 1 aromatic heterocycles. The Morgan fingerprint density at radius 3 is 2.79 bits per heavy atom. The van der Waals surface area contributed by atoms with Gasteiger partial charge in [-0.1, -0.05) is 0 Å². The van der Waals surface area contributed by atoms with Crippen molar-refractivity contribution in [3.63, 3.8) is 0 Å². The molecule has 76 valence electrons. The summed E-state index contributed by atoms with van der Waals surface area (Å²) in [5.74, 6) is -0.213. The summed E-state index contributed by atoms with van der Waals surface area (Å²) in [5, 5.41) is 0. The molecule has 0 atom stereocenters. The highest BCUT2D eigenvalue weighted by atomic mass is 16.5. The number of ether oxygens (including phenoxy) is 1. The molecule has 1 aromatic rings. The lowest BCUT2D eigenvalue weighted by atomic mass is 10.2. The van der Waals surface area contributed by atoms with Crippen LogP contribution in [0, 0.1) is 0 Å². The molecule has 5 heteroatoms. The first-order chi connectivity index (χ1) is 6.65. The van der Waals surface area contributed by atoms with Gasteiger partial charge >= 0.3 is 0 Å². The van der Waals surface area contributed by atoms with E-state index in [9.17, 15) is 9.59 Å². The summed E-state index contributed by atoms with van der Waals surface area (Å²) in [7, 11) is 3.13. The molecule has 0 amide bonds. The summed E-state index contributed by atoms with van der Waals surface area (Å²) in [6, 6.07) is 0. The van der Waals surface area contributed by atoms with Gasteiger partial charge < -0.3 is 9.30 Å². The Morgan fingerprint density at radius 2 is 2.29 bits per heavy atom. The van der Waals surface area contributed by atoms with Crippen LogP contribution >= 0.6 is 0 Å². The zero-order chi connectivity index (χ0) is 10.6. The molecule has 0 fully saturated rings. The van der Waals surface area contributed by atoms with Gasteiger partial charge in [-0.15, -0.1) is 0 Å². The lowest BCUT2D eigenvalue weighted by Gasteiger charge is -1.99. The van der Waals surface area contributed by atoms with Gasteiger partial charge in [-0.2, -0.15) is 0 Å². The number of carbonyl (C=O) groups excluding carboxylic acids is 2. The third kappa shape index (κ3) is 2.50. The molecule has 0 radical (unpaired) electrons. The third-order valence-corrected chi connectivity index (χ3v) is 1.73. The molecule has 14 heavy (non-hydrogen) atoms. The van der Waals surface area contributed by atoms with Crippen LogP contribution in [0.5, 0.6) is 0 Å². The van der Waals surface area contributed by atoms with Crippen molar-refractivity contribution in [3.05, 3.63) is 18.2 Å². The maximum atomic E-state index is 11.5. The Kier molecular flexibility index (Phi) is 3.53. The van der Waals surface area contributed by atoms with Crippen LogP contribution in [0.15, 0.2) is 12.4 Å². The second-order valence-electron chi connectivity index (χ2n) is 2.93. The number of hydrogen-bond donors (Lipinski definition) is 0. The summed E-state index contributed by atoms with van der Waals surface area (Å²) < 4.78 is 6.21. The normalized spacial score (nSPS) is 10.1. The Morgan fingerprint density at radius 1 is 1.57 bits per heavy atom. The molecule has 1 rings (SSSR count). The Bertz CT molecular complexity index is 344. The van der Waals surface area contributed by atoms with Crippen molar-refractivity contribution in [1.82, 2.24) is 9.55 Å². The first kappa shape index (κ1) is 10.6. The van der Waals surface area contributed by atoms with E-state index in [1.807, 2.05) is 0 Å². The van der Waals surface area contributed by atoms with E-state index in [4.69, 9.17) is 0 Å². The number of aryl methyl sites for hydroxylation is 1. The molecular formula is C9H12N2O3. The highest BCUT2D eigenvalue weighted by Crippen LogP contribution is 2.00. The Labute approximate surface area is 81.7 Å². The lowest BCUT2D eigenvalue weighted by Crippen LogP contribution is -2.15. The van der Waals surface area contributed by atoms with Gasteiger partial charge in [0.2, 0.25) is 5.78 Å². The third-order valence-electron chi connectivity index (χ3n) is 1.73. The second-order valence-corrected chi connectivity index (χ2v) is 2.93. The van der Waals surface area contributed by atoms with E-state index in [-0.39, 0.29) is 24.6 Å². The zero-order valence-corrected chi connectivity index (χ0v) is 8.19. The van der Waals surface area contributed by atoms with Gasteiger partial charge in [0, 0.05) is 26.6 Å². The average Bonchev–Trinajstić information content (AvgIpc) is 2.51. The van der Waals surface area contributed by atoms with E-state index in [0.29, 0.717) is 5.82 Å². The molecule has 0 N–H and O–H groups in total. The van der Waals surface area contributed by atoms with E-state index < -0.39 is 0 Å². The van der Waals surface area contributed by atoms with E-state index in [0.717, 1.165) is 0 Å². The van der Waals surface area contributed by atoms with Crippen molar-refractivity contribution >= 4 is 11.6 Å². The number of rotatable bonds is 5. The van der Waals surface area contributed by atoms with Crippen molar-refractivity contribution in [1.29, 1.82) is 0 Å². The van der Waals surface area contributed by atoms with E-state index in [2.05, 4.69) is 9.72 Å². The quantitative estimate of drug-likeness (QED) is 0.499. The van der Waals surface area contributed by atoms with E-state index in [1.165, 1.54) is 13.3 Å². The fourth-order valence-corrected chi connectivity index (χ4v) is 1.10. The molecular weight excluding hydrogens is 184 g/mol. The molecule has 1 heterocycles. The topological polar surface area (TPSA) is 61.2 Å². The van der Waals surface area contributed by atoms with Crippen molar-refractivity contribution in [2.75, 3.05) is 13.7 Å². The number of hydrogen-bond acceptors (Lipinski definition) is 4. The molecule has 0 saturated carbocycles. The summed E-state index contributed by atoms with van der Waals surface area (Å²) in [4.78, 5) is 26.4. The number of aromatic nitrogens is 2. The standard InChI is InChI=1S/C9H12N2O3/c1-11-4-3-10-9(11)8(13)5-7(12)6-14-2/h3-4H,5-6H2,1-2H3. The molecule has 0 unspecified atom stereocenters. The van der Waals surface area contributed by atoms with Gasteiger partial charge in [-0.25, -0.2) is 4.98 Å². The fraction of sp³-hybridized carbons (Fsp3) is 0.444. The number of imidazole rings is 1. The molecule has 0 saturated heterocycles. The largest absolute Gasteiger partial charge is 0.377 e. The predicted molar refractivity (Wildman–Crippen MR) is 49.0 cm³/mol. The summed E-state index contributed by atoms with van der Waals surface area (Å²) in [5.41, 5.74) is 0. The Hall–Kier alpha value is -1.49. The van der Waals surface area contributed by atoms with Crippen LogP contribution in [0.3, 0.4) is 0 Å². The number of carbonyl (C=O) groups is 2. The molecule has 0 aromatic carbocycles. The van der Waals surface area contributed by atoms with Gasteiger partial charge in [-0.05, 0) is 0 Å². The van der Waals surface area contributed by atoms with Gasteiger partial charge in [0.15, 0.2) is 11.6 Å². The summed E-state index contributed by atoms with van der Waals surface area (Å²) in [6.45, 7) is -0.0316. The number of ketones is 2. The van der Waals surface area contributed by atoms with Crippen LogP contribution in [0.1, 0.15) is 17.0 Å². The van der Waals surface area contributed by atoms with Gasteiger partial charge in [0.1, 0.15) is 6.61 Å². The molecule has 0 spiro atoms. The average molecular weight is 196 g/mol. The van der Waals surface area contributed by atoms with Crippen LogP contribution in [0.2, 0.25) is 0 Å². The van der Waals surface area contributed by atoms with Crippen molar-refractivity contribution < 1.29 is 14.3 Å². The fourth-order valence-electron chi connectivity index (χ4n) is 1.10. The minimum Gasteiger partial charge on any atom is -0.377 e. The van der Waals surface area contributed by atoms with Crippen LogP contribution in [0.4, 0.5) is 0 Å². The van der Waals surface area contributed by atoms with Crippen molar-refractivity contribution in [3.8, 4) is 0 Å². The highest BCUT2D eigenvalue weighted by molar-refractivity contribution is 6.06. The SMILES string of the molecule is COCC(=O)CC(=O)c1nccn1C. The minimum atomic E-state index is -0.278. The first-order valence-corrected chi connectivity index (χ1v) is 4.16. The maximum absolute atomic E-state index is 11.5. The van der Waals surface area contributed by atoms with Gasteiger partial charge in [0.25, 0.3) is 0 Å². The first-order valence-electron chi connectivity index (χ1n) is 4.16. The Balaban J connectivity index is 2.59. The molecule has 0 aliphatic heterocycles. The number of nitrogens with zero attached hydrogens (tertiary/aromatic N) is 2. The van der Waals surface area contributed by atoms with Crippen LogP contribution < -0.4 is 0 Å². The minimum absolute atomic E-state index is 0.0316. The lowest BCUT2D eigenvalue weighted by molar-refractivity contribution is -0.121. The van der Waals surface area contributed by atoms with Crippen molar-refractivity contribution in [2.24, 2.45) is 7.05 Å². The molecule has 0 bridgehead atoms. The maximum Gasteiger partial charge on any atom is 0.205 e. The van der Waals surface area contributed by atoms with Crippen molar-refractivity contribution in [2.45, 2.75) is 6.42 Å². The van der Waals surface area contributed by atoms with E-state index >= 15 is 0 Å². The zero-order valence-electron chi connectivity index (χ0n) is 8.19. The van der Waals surface area contributed by atoms with Gasteiger partial charge in [0.05, 0.1) is 6.42 Å². The second kappa shape index (κ2) is 4.66. The van der Waals surface area contributed by atoms with Gasteiger partial charge in [-0.3, -0.25) is 9.59 Å². The smallest absolute Gasteiger partial charge is 0.205 e. The van der Waals surface area contributed by atoms with Crippen LogP contribution in [0.25, 0.3) is 0 Å². The van der Waals surface area contributed by atoms with Crippen LogP contribution in [-0.2, 0) is 16.6 Å². The monoisotopic (exact) mass is 196 g/mol. The number of Topliss-reactive ketones (excluding diaryl/α,β-unsaturated/α-hetero) is 2. The number of methoxy groups -OCH3 is 1. The molecule has 0 aliphatic rings. The predicted octanol–water partition coefficient (Wildman–Crippen LogP) is 0.208. The highest BCUT2D eigenvalue weighted by Gasteiger charge is 2.14. The summed E-state index contributed by atoms with van der Waals surface area (Å²) in [6.07, 6.45) is 3.03. The summed E-state index contributed by atoms with van der Waals surface area (Å²) >= 11 is 0.